The standard InChI is InChI=1S/C18H20Cl2FNO/c1-2-9-23-18-14(10-15(19)11-17(18)20)12-22-8-7-13-3-5-16(21)6-4-13/h3-6,10-11,22H,2,7-9,12H2,1H3. The van der Waals surface area contributed by atoms with Crippen LogP contribution < -0.4 is 10.1 Å². The van der Waals surface area contributed by atoms with Crippen LogP contribution in [-0.4, -0.2) is 13.2 Å². The van der Waals surface area contributed by atoms with Crippen LogP contribution in [0.25, 0.3) is 0 Å². The van der Waals surface area contributed by atoms with E-state index in [0.717, 1.165) is 30.5 Å². The summed E-state index contributed by atoms with van der Waals surface area (Å²) in [6.45, 7) is 4.04. The number of halogens is 3. The first kappa shape index (κ1) is 18.1. The molecule has 0 saturated carbocycles. The Morgan fingerprint density at radius 1 is 1.13 bits per heavy atom. The van der Waals surface area contributed by atoms with Gasteiger partial charge in [-0.05, 0) is 49.2 Å². The molecule has 0 aliphatic carbocycles. The minimum atomic E-state index is -0.215. The van der Waals surface area contributed by atoms with Crippen molar-refractivity contribution in [3.05, 3.63) is 63.4 Å². The van der Waals surface area contributed by atoms with Gasteiger partial charge in [0.25, 0.3) is 0 Å². The zero-order valence-electron chi connectivity index (χ0n) is 13.0. The van der Waals surface area contributed by atoms with Gasteiger partial charge in [0.05, 0.1) is 11.6 Å². The van der Waals surface area contributed by atoms with Gasteiger partial charge in [-0.25, -0.2) is 4.39 Å². The Labute approximate surface area is 146 Å². The maximum Gasteiger partial charge on any atom is 0.142 e. The van der Waals surface area contributed by atoms with E-state index in [0.29, 0.717) is 28.9 Å². The summed E-state index contributed by atoms with van der Waals surface area (Å²) >= 11 is 12.3. The lowest BCUT2D eigenvalue weighted by atomic mass is 10.1. The van der Waals surface area contributed by atoms with Gasteiger partial charge in [0.1, 0.15) is 11.6 Å². The van der Waals surface area contributed by atoms with Crippen LogP contribution in [0.15, 0.2) is 36.4 Å². The van der Waals surface area contributed by atoms with Gasteiger partial charge in [0, 0.05) is 17.1 Å². The maximum atomic E-state index is 12.9. The fourth-order valence-corrected chi connectivity index (χ4v) is 2.81. The highest BCUT2D eigenvalue weighted by Gasteiger charge is 2.10. The van der Waals surface area contributed by atoms with Crippen molar-refractivity contribution < 1.29 is 9.13 Å². The zero-order valence-corrected chi connectivity index (χ0v) is 14.6. The number of benzene rings is 2. The smallest absolute Gasteiger partial charge is 0.142 e. The summed E-state index contributed by atoms with van der Waals surface area (Å²) in [5.74, 6) is 0.472. The van der Waals surface area contributed by atoms with Crippen LogP contribution in [0, 0.1) is 5.82 Å². The van der Waals surface area contributed by atoms with Gasteiger partial charge in [0.15, 0.2) is 0 Å². The Bertz CT molecular complexity index is 632. The molecule has 0 atom stereocenters. The third kappa shape index (κ3) is 5.69. The third-order valence-electron chi connectivity index (χ3n) is 3.35. The Hall–Kier alpha value is -1.29. The predicted octanol–water partition coefficient (Wildman–Crippen LogP) is 5.25. The number of hydrogen-bond donors (Lipinski definition) is 1. The van der Waals surface area contributed by atoms with Gasteiger partial charge < -0.3 is 10.1 Å². The molecule has 0 spiro atoms. The van der Waals surface area contributed by atoms with Crippen molar-refractivity contribution in [1.29, 1.82) is 0 Å². The molecule has 2 rings (SSSR count). The first-order chi connectivity index (χ1) is 11.1. The molecule has 0 aliphatic rings. The van der Waals surface area contributed by atoms with Gasteiger partial charge in [-0.2, -0.15) is 0 Å². The first-order valence-electron chi connectivity index (χ1n) is 7.66. The van der Waals surface area contributed by atoms with E-state index in [9.17, 15) is 4.39 Å². The van der Waals surface area contributed by atoms with E-state index in [1.165, 1.54) is 12.1 Å². The predicted molar refractivity (Wildman–Crippen MR) is 94.1 cm³/mol. The molecular formula is C18H20Cl2FNO. The van der Waals surface area contributed by atoms with Crippen molar-refractivity contribution in [2.45, 2.75) is 26.3 Å². The fraction of sp³-hybridized carbons (Fsp3) is 0.333. The lowest BCUT2D eigenvalue weighted by Gasteiger charge is -2.14. The average molecular weight is 356 g/mol. The van der Waals surface area contributed by atoms with Crippen LogP contribution in [0.3, 0.4) is 0 Å². The second-order valence-corrected chi connectivity index (χ2v) is 6.12. The summed E-state index contributed by atoms with van der Waals surface area (Å²) in [7, 11) is 0. The summed E-state index contributed by atoms with van der Waals surface area (Å²) in [6, 6.07) is 10.1. The molecule has 2 aromatic carbocycles. The van der Waals surface area contributed by atoms with Gasteiger partial charge in [0.2, 0.25) is 0 Å². The monoisotopic (exact) mass is 355 g/mol. The number of ether oxygens (including phenoxy) is 1. The highest BCUT2D eigenvalue weighted by atomic mass is 35.5. The lowest BCUT2D eigenvalue weighted by molar-refractivity contribution is 0.313. The van der Waals surface area contributed by atoms with E-state index in [4.69, 9.17) is 27.9 Å². The first-order valence-corrected chi connectivity index (χ1v) is 8.41. The highest BCUT2D eigenvalue weighted by molar-refractivity contribution is 6.35. The van der Waals surface area contributed by atoms with Gasteiger partial charge in [-0.3, -0.25) is 0 Å². The number of rotatable bonds is 8. The molecule has 0 aliphatic heterocycles. The molecule has 0 aromatic heterocycles. The summed E-state index contributed by atoms with van der Waals surface area (Å²) < 4.78 is 18.6. The van der Waals surface area contributed by atoms with E-state index < -0.39 is 0 Å². The van der Waals surface area contributed by atoms with Crippen molar-refractivity contribution in [1.82, 2.24) is 5.32 Å². The molecule has 2 aromatic rings. The molecule has 0 heterocycles. The molecule has 2 nitrogen and oxygen atoms in total. The van der Waals surface area contributed by atoms with Gasteiger partial charge in [-0.15, -0.1) is 0 Å². The highest BCUT2D eigenvalue weighted by Crippen LogP contribution is 2.32. The molecule has 0 saturated heterocycles. The van der Waals surface area contributed by atoms with Crippen molar-refractivity contribution >= 4 is 23.2 Å². The van der Waals surface area contributed by atoms with E-state index in [-0.39, 0.29) is 5.82 Å². The van der Waals surface area contributed by atoms with Crippen LogP contribution in [0.2, 0.25) is 10.0 Å². The molecule has 124 valence electrons. The second kappa shape index (κ2) is 9.11. The summed E-state index contributed by atoms with van der Waals surface area (Å²) in [5, 5.41) is 4.47. The van der Waals surface area contributed by atoms with E-state index in [1.807, 2.05) is 13.0 Å². The van der Waals surface area contributed by atoms with Crippen molar-refractivity contribution in [2.24, 2.45) is 0 Å². The summed E-state index contributed by atoms with van der Waals surface area (Å²) in [6.07, 6.45) is 1.73. The Morgan fingerprint density at radius 2 is 1.87 bits per heavy atom. The number of nitrogens with one attached hydrogen (secondary N) is 1. The van der Waals surface area contributed by atoms with Crippen LogP contribution in [0.5, 0.6) is 5.75 Å². The molecule has 1 N–H and O–H groups in total. The molecule has 23 heavy (non-hydrogen) atoms. The molecule has 5 heteroatoms. The molecule has 0 fully saturated rings. The SMILES string of the molecule is CCCOc1c(Cl)cc(Cl)cc1CNCCc1ccc(F)cc1. The molecule has 0 bridgehead atoms. The lowest BCUT2D eigenvalue weighted by Crippen LogP contribution is -2.17. The van der Waals surface area contributed by atoms with Crippen LogP contribution in [0.1, 0.15) is 24.5 Å². The van der Waals surface area contributed by atoms with Gasteiger partial charge in [-0.1, -0.05) is 42.3 Å². The Balaban J connectivity index is 1.92. The molecule has 0 amide bonds. The fourth-order valence-electron chi connectivity index (χ4n) is 2.22. The van der Waals surface area contributed by atoms with Crippen molar-refractivity contribution in [3.63, 3.8) is 0 Å². The largest absolute Gasteiger partial charge is 0.492 e. The van der Waals surface area contributed by atoms with Crippen molar-refractivity contribution in [2.75, 3.05) is 13.2 Å². The summed E-state index contributed by atoms with van der Waals surface area (Å²) in [4.78, 5) is 0. The Kier molecular flexibility index (Phi) is 7.15. The van der Waals surface area contributed by atoms with Crippen LogP contribution in [-0.2, 0) is 13.0 Å². The normalized spacial score (nSPS) is 10.8. The zero-order chi connectivity index (χ0) is 16.7. The van der Waals surface area contributed by atoms with E-state index in [1.54, 1.807) is 18.2 Å². The summed E-state index contributed by atoms with van der Waals surface area (Å²) in [5.41, 5.74) is 2.03. The molecule has 0 unspecified atom stereocenters. The minimum Gasteiger partial charge on any atom is -0.492 e. The van der Waals surface area contributed by atoms with E-state index in [2.05, 4.69) is 5.32 Å². The van der Waals surface area contributed by atoms with Crippen LogP contribution in [0.4, 0.5) is 4.39 Å². The Morgan fingerprint density at radius 3 is 2.57 bits per heavy atom. The topological polar surface area (TPSA) is 21.3 Å². The van der Waals surface area contributed by atoms with E-state index >= 15 is 0 Å². The van der Waals surface area contributed by atoms with Crippen molar-refractivity contribution in [3.8, 4) is 5.75 Å². The van der Waals surface area contributed by atoms with Crippen LogP contribution >= 0.6 is 23.2 Å². The average Bonchev–Trinajstić information content (AvgIpc) is 2.52. The second-order valence-electron chi connectivity index (χ2n) is 5.28. The van der Waals surface area contributed by atoms with Gasteiger partial charge >= 0.3 is 0 Å². The molecule has 0 radical (unpaired) electrons. The molecular weight excluding hydrogens is 336 g/mol. The minimum absolute atomic E-state index is 0.215. The maximum absolute atomic E-state index is 12.9. The quantitative estimate of drug-likeness (QED) is 0.652. The third-order valence-corrected chi connectivity index (χ3v) is 3.85. The number of hydrogen-bond acceptors (Lipinski definition) is 2.